The number of rotatable bonds is 5. The van der Waals surface area contributed by atoms with Crippen LogP contribution in [0.3, 0.4) is 0 Å². The summed E-state index contributed by atoms with van der Waals surface area (Å²) in [5.41, 5.74) is 2.89. The molecule has 134 valence electrons. The molecular formula is C20H20FN3OS. The summed E-state index contributed by atoms with van der Waals surface area (Å²) in [5.74, 6) is 0.532. The van der Waals surface area contributed by atoms with Gasteiger partial charge in [-0.05, 0) is 59.7 Å². The molecule has 1 unspecified atom stereocenters. The molecule has 0 radical (unpaired) electrons. The summed E-state index contributed by atoms with van der Waals surface area (Å²) in [5, 5.41) is 10.1. The number of hydrogen-bond acceptors (Lipinski definition) is 3. The highest BCUT2D eigenvalue weighted by atomic mass is 32.1. The van der Waals surface area contributed by atoms with Gasteiger partial charge in [-0.2, -0.15) is 5.10 Å². The number of ether oxygens (including phenoxy) is 1. The first-order chi connectivity index (χ1) is 12.6. The summed E-state index contributed by atoms with van der Waals surface area (Å²) in [6.45, 7) is 4.25. The Hall–Kier alpha value is -2.73. The van der Waals surface area contributed by atoms with Crippen molar-refractivity contribution in [3.05, 3.63) is 78.1 Å². The van der Waals surface area contributed by atoms with Crippen LogP contribution in [0.5, 0.6) is 5.75 Å². The largest absolute Gasteiger partial charge is 0.497 e. The second-order valence-corrected chi connectivity index (χ2v) is 6.25. The van der Waals surface area contributed by atoms with Gasteiger partial charge in [-0.15, -0.1) is 6.58 Å². The van der Waals surface area contributed by atoms with Crippen molar-refractivity contribution in [1.29, 1.82) is 0 Å². The van der Waals surface area contributed by atoms with Gasteiger partial charge in [-0.1, -0.05) is 18.2 Å². The molecular weight excluding hydrogens is 349 g/mol. The smallest absolute Gasteiger partial charge is 0.190 e. The normalized spacial score (nSPS) is 16.2. The fourth-order valence-electron chi connectivity index (χ4n) is 2.84. The van der Waals surface area contributed by atoms with Crippen LogP contribution < -0.4 is 10.1 Å². The fourth-order valence-corrected chi connectivity index (χ4v) is 3.09. The SMILES string of the molecule is C=CCNC(=S)N1N=C(c2ccc(OC)cc2)CC1c1ccc(F)cc1. The van der Waals surface area contributed by atoms with E-state index in [4.69, 9.17) is 22.1 Å². The zero-order valence-electron chi connectivity index (χ0n) is 14.5. The summed E-state index contributed by atoms with van der Waals surface area (Å²) in [4.78, 5) is 0. The van der Waals surface area contributed by atoms with Gasteiger partial charge in [-0.3, -0.25) is 0 Å². The Morgan fingerprint density at radius 2 is 2.00 bits per heavy atom. The molecule has 1 atom stereocenters. The van der Waals surface area contributed by atoms with E-state index in [-0.39, 0.29) is 11.9 Å². The van der Waals surface area contributed by atoms with Crippen molar-refractivity contribution in [2.24, 2.45) is 5.10 Å². The molecule has 0 fully saturated rings. The minimum atomic E-state index is -0.262. The van der Waals surface area contributed by atoms with Crippen molar-refractivity contribution in [3.8, 4) is 5.75 Å². The standard InChI is InChI=1S/C20H20FN3OS/c1-3-12-22-20(26)24-19(15-4-8-16(21)9-5-15)13-18(23-24)14-6-10-17(25-2)11-7-14/h3-11,19H,1,12-13H2,2H3,(H,22,26). The lowest BCUT2D eigenvalue weighted by molar-refractivity contribution is 0.365. The molecule has 1 aliphatic rings. The summed E-state index contributed by atoms with van der Waals surface area (Å²) in [7, 11) is 1.64. The Morgan fingerprint density at radius 1 is 1.31 bits per heavy atom. The first kappa shape index (κ1) is 18.1. The first-order valence-electron chi connectivity index (χ1n) is 8.27. The van der Waals surface area contributed by atoms with Gasteiger partial charge >= 0.3 is 0 Å². The zero-order valence-corrected chi connectivity index (χ0v) is 15.3. The molecule has 1 N–H and O–H groups in total. The van der Waals surface area contributed by atoms with E-state index in [0.29, 0.717) is 18.1 Å². The maximum atomic E-state index is 13.3. The summed E-state index contributed by atoms with van der Waals surface area (Å²) in [6, 6.07) is 14.1. The monoisotopic (exact) mass is 369 g/mol. The maximum Gasteiger partial charge on any atom is 0.190 e. The van der Waals surface area contributed by atoms with Crippen LogP contribution in [0.15, 0.2) is 66.3 Å². The molecule has 0 saturated carbocycles. The first-order valence-corrected chi connectivity index (χ1v) is 8.68. The van der Waals surface area contributed by atoms with E-state index in [1.165, 1.54) is 12.1 Å². The molecule has 2 aromatic carbocycles. The molecule has 3 rings (SSSR count). The van der Waals surface area contributed by atoms with Crippen molar-refractivity contribution in [1.82, 2.24) is 10.3 Å². The lowest BCUT2D eigenvalue weighted by Crippen LogP contribution is -2.36. The van der Waals surface area contributed by atoms with E-state index in [1.807, 2.05) is 24.3 Å². The Labute approximate surface area is 158 Å². The molecule has 0 bridgehead atoms. The van der Waals surface area contributed by atoms with Crippen LogP contribution in [-0.2, 0) is 0 Å². The highest BCUT2D eigenvalue weighted by molar-refractivity contribution is 7.80. The molecule has 0 amide bonds. The lowest BCUT2D eigenvalue weighted by atomic mass is 9.98. The van der Waals surface area contributed by atoms with Gasteiger partial charge in [0.1, 0.15) is 11.6 Å². The van der Waals surface area contributed by atoms with E-state index >= 15 is 0 Å². The average molecular weight is 369 g/mol. The average Bonchev–Trinajstić information content (AvgIpc) is 3.12. The van der Waals surface area contributed by atoms with Crippen molar-refractivity contribution in [2.45, 2.75) is 12.5 Å². The van der Waals surface area contributed by atoms with Crippen LogP contribution >= 0.6 is 12.2 Å². The third-order valence-corrected chi connectivity index (χ3v) is 4.53. The Kier molecular flexibility index (Phi) is 5.63. The molecule has 0 aliphatic carbocycles. The van der Waals surface area contributed by atoms with Gasteiger partial charge in [-0.25, -0.2) is 9.40 Å². The Bertz CT molecular complexity index is 818. The van der Waals surface area contributed by atoms with Crippen LogP contribution in [0.25, 0.3) is 0 Å². The predicted molar refractivity (Wildman–Crippen MR) is 106 cm³/mol. The van der Waals surface area contributed by atoms with Crippen molar-refractivity contribution in [3.63, 3.8) is 0 Å². The van der Waals surface area contributed by atoms with Gasteiger partial charge in [0, 0.05) is 13.0 Å². The predicted octanol–water partition coefficient (Wildman–Crippen LogP) is 4.05. The van der Waals surface area contributed by atoms with Gasteiger partial charge < -0.3 is 10.1 Å². The molecule has 0 saturated heterocycles. The van der Waals surface area contributed by atoms with Crippen molar-refractivity contribution in [2.75, 3.05) is 13.7 Å². The van der Waals surface area contributed by atoms with Gasteiger partial charge in [0.25, 0.3) is 0 Å². The third kappa shape index (κ3) is 3.91. The molecule has 1 heterocycles. The number of thiocarbonyl (C=S) groups is 1. The van der Waals surface area contributed by atoms with Crippen LogP contribution in [0.2, 0.25) is 0 Å². The Balaban J connectivity index is 1.90. The van der Waals surface area contributed by atoms with Crippen LogP contribution in [0.1, 0.15) is 23.6 Å². The summed E-state index contributed by atoms with van der Waals surface area (Å²) < 4.78 is 18.5. The van der Waals surface area contributed by atoms with E-state index in [0.717, 1.165) is 22.6 Å². The number of hydrazone groups is 1. The highest BCUT2D eigenvalue weighted by Crippen LogP contribution is 2.33. The molecule has 6 heteroatoms. The second-order valence-electron chi connectivity index (χ2n) is 5.87. The van der Waals surface area contributed by atoms with Gasteiger partial charge in [0.2, 0.25) is 0 Å². The van der Waals surface area contributed by atoms with Crippen molar-refractivity contribution < 1.29 is 9.13 Å². The molecule has 0 aromatic heterocycles. The topological polar surface area (TPSA) is 36.9 Å². The number of methoxy groups -OCH3 is 1. The fraction of sp³-hybridized carbons (Fsp3) is 0.200. The van der Waals surface area contributed by atoms with Crippen LogP contribution in [-0.4, -0.2) is 29.5 Å². The van der Waals surface area contributed by atoms with Gasteiger partial charge in [0.15, 0.2) is 5.11 Å². The maximum absolute atomic E-state index is 13.3. The number of hydrogen-bond donors (Lipinski definition) is 1. The minimum absolute atomic E-state index is 0.0856. The molecule has 0 spiro atoms. The highest BCUT2D eigenvalue weighted by Gasteiger charge is 2.31. The molecule has 4 nitrogen and oxygen atoms in total. The summed E-state index contributed by atoms with van der Waals surface area (Å²) in [6.07, 6.45) is 2.41. The Morgan fingerprint density at radius 3 is 2.62 bits per heavy atom. The van der Waals surface area contributed by atoms with E-state index < -0.39 is 0 Å². The number of halogens is 1. The number of nitrogens with one attached hydrogen (secondary N) is 1. The van der Waals surface area contributed by atoms with Crippen molar-refractivity contribution >= 4 is 23.0 Å². The molecule has 26 heavy (non-hydrogen) atoms. The third-order valence-electron chi connectivity index (χ3n) is 4.19. The summed E-state index contributed by atoms with van der Waals surface area (Å²) >= 11 is 5.49. The van der Waals surface area contributed by atoms with E-state index in [1.54, 1.807) is 30.3 Å². The number of nitrogens with zero attached hydrogens (tertiary/aromatic N) is 2. The second kappa shape index (κ2) is 8.10. The van der Waals surface area contributed by atoms with Crippen LogP contribution in [0.4, 0.5) is 4.39 Å². The molecule has 1 aliphatic heterocycles. The quantitative estimate of drug-likeness (QED) is 0.637. The minimum Gasteiger partial charge on any atom is -0.497 e. The molecule has 2 aromatic rings. The van der Waals surface area contributed by atoms with E-state index in [9.17, 15) is 4.39 Å². The van der Waals surface area contributed by atoms with E-state index in [2.05, 4.69) is 11.9 Å². The zero-order chi connectivity index (χ0) is 18.5. The number of benzene rings is 2. The van der Waals surface area contributed by atoms with Gasteiger partial charge in [0.05, 0.1) is 18.9 Å². The lowest BCUT2D eigenvalue weighted by Gasteiger charge is -2.24. The van der Waals surface area contributed by atoms with Crippen LogP contribution in [0, 0.1) is 5.82 Å².